The maximum atomic E-state index is 12.2. The summed E-state index contributed by atoms with van der Waals surface area (Å²) in [5.41, 5.74) is 0.754. The Labute approximate surface area is 176 Å². The lowest BCUT2D eigenvalue weighted by Crippen LogP contribution is -2.49. The van der Waals surface area contributed by atoms with Crippen molar-refractivity contribution in [3.8, 4) is 0 Å². The third kappa shape index (κ3) is 4.35. The molecule has 3 heterocycles. The van der Waals surface area contributed by atoms with E-state index in [2.05, 4.69) is 20.1 Å². The van der Waals surface area contributed by atoms with Gasteiger partial charge in [-0.15, -0.1) is 0 Å². The van der Waals surface area contributed by atoms with Crippen LogP contribution in [0.15, 0.2) is 18.3 Å². The monoisotopic (exact) mass is 419 g/mol. The number of amides is 1. The summed E-state index contributed by atoms with van der Waals surface area (Å²) in [4.78, 5) is 24.8. The van der Waals surface area contributed by atoms with Crippen LogP contribution >= 0.6 is 24.4 Å². The van der Waals surface area contributed by atoms with Gasteiger partial charge in [0.1, 0.15) is 11.9 Å². The van der Waals surface area contributed by atoms with E-state index in [-0.39, 0.29) is 12.2 Å². The van der Waals surface area contributed by atoms with Crippen LogP contribution in [0.1, 0.15) is 19.8 Å². The number of ether oxygens (including phenoxy) is 1. The maximum absolute atomic E-state index is 12.2. The zero-order valence-electron chi connectivity index (χ0n) is 16.0. The second kappa shape index (κ2) is 8.16. The molecule has 0 radical (unpaired) electrons. The number of pyridine rings is 1. The Morgan fingerprint density at radius 1 is 1.25 bits per heavy atom. The number of aromatic nitrogens is 1. The molecule has 0 aromatic carbocycles. The van der Waals surface area contributed by atoms with Gasteiger partial charge in [-0.3, -0.25) is 4.90 Å². The molecule has 1 amide bonds. The van der Waals surface area contributed by atoms with Gasteiger partial charge in [0, 0.05) is 32.1 Å². The minimum atomic E-state index is -0.342. The van der Waals surface area contributed by atoms with Crippen molar-refractivity contribution in [1.29, 1.82) is 0 Å². The summed E-state index contributed by atoms with van der Waals surface area (Å²) >= 11 is 10.6. The number of anilines is 2. The molecule has 9 heteroatoms. The molecule has 3 fully saturated rings. The zero-order valence-corrected chi connectivity index (χ0v) is 17.6. The van der Waals surface area contributed by atoms with Gasteiger partial charge in [-0.2, -0.15) is 0 Å². The summed E-state index contributed by atoms with van der Waals surface area (Å²) in [5, 5.41) is 3.05. The van der Waals surface area contributed by atoms with Crippen LogP contribution in [0.5, 0.6) is 0 Å². The third-order valence-corrected chi connectivity index (χ3v) is 6.07. The number of carbonyl (C=O) groups excluding carboxylic acids is 1. The van der Waals surface area contributed by atoms with E-state index in [4.69, 9.17) is 29.2 Å². The second-order valence-electron chi connectivity index (χ2n) is 7.51. The highest BCUT2D eigenvalue weighted by Crippen LogP contribution is 2.32. The SMILES string of the molecule is CC(=S)NC[C@H]1CN(c2ccc(N3CCN(C(=S)C4CC4)CC3)nc2)C(=O)O1. The molecule has 2 saturated heterocycles. The lowest BCUT2D eigenvalue weighted by molar-refractivity contribution is 0.143. The molecule has 1 saturated carbocycles. The first-order valence-electron chi connectivity index (χ1n) is 9.73. The molecule has 150 valence electrons. The molecule has 1 atom stereocenters. The van der Waals surface area contributed by atoms with E-state index >= 15 is 0 Å². The van der Waals surface area contributed by atoms with Crippen molar-refractivity contribution in [2.24, 2.45) is 5.92 Å². The fourth-order valence-corrected chi connectivity index (χ4v) is 4.07. The van der Waals surface area contributed by atoms with Crippen LogP contribution < -0.4 is 15.1 Å². The standard InChI is InChI=1S/C19H25N5O2S2/c1-13(27)20-11-16-12-24(19(25)26-16)15-4-5-17(21-10-15)22-6-8-23(9-7-22)18(28)14-2-3-14/h4-5,10,14,16H,2-3,6-9,11-12H2,1H3,(H,20,27)/t16-/m0/s1. The van der Waals surface area contributed by atoms with Crippen molar-refractivity contribution in [3.63, 3.8) is 0 Å². The van der Waals surface area contributed by atoms with E-state index in [9.17, 15) is 4.79 Å². The Hall–Kier alpha value is -2.00. The van der Waals surface area contributed by atoms with Crippen LogP contribution in [0.3, 0.4) is 0 Å². The maximum Gasteiger partial charge on any atom is 0.414 e. The summed E-state index contributed by atoms with van der Waals surface area (Å²) in [6.45, 7) is 6.55. The minimum Gasteiger partial charge on any atom is -0.442 e. The fourth-order valence-electron chi connectivity index (χ4n) is 3.57. The van der Waals surface area contributed by atoms with Crippen LogP contribution in [-0.2, 0) is 4.74 Å². The van der Waals surface area contributed by atoms with Gasteiger partial charge in [0.15, 0.2) is 0 Å². The number of thiocarbonyl (C=S) groups is 2. The van der Waals surface area contributed by atoms with Gasteiger partial charge < -0.3 is 19.9 Å². The molecule has 1 aliphatic carbocycles. The largest absolute Gasteiger partial charge is 0.442 e. The lowest BCUT2D eigenvalue weighted by Gasteiger charge is -2.37. The molecule has 2 aliphatic heterocycles. The number of nitrogens with zero attached hydrogens (tertiary/aromatic N) is 4. The number of cyclic esters (lactones) is 1. The zero-order chi connectivity index (χ0) is 19.7. The average Bonchev–Trinajstić information content (AvgIpc) is 3.49. The summed E-state index contributed by atoms with van der Waals surface area (Å²) in [6, 6.07) is 3.91. The number of piperazine rings is 1. The molecule has 0 bridgehead atoms. The first kappa shape index (κ1) is 19.3. The van der Waals surface area contributed by atoms with E-state index in [0.29, 0.717) is 24.0 Å². The number of carbonyl (C=O) groups is 1. The molecule has 0 unspecified atom stereocenters. The Morgan fingerprint density at radius 3 is 2.61 bits per heavy atom. The number of hydrogen-bond donors (Lipinski definition) is 1. The van der Waals surface area contributed by atoms with Crippen molar-refractivity contribution in [3.05, 3.63) is 18.3 Å². The van der Waals surface area contributed by atoms with Crippen LogP contribution in [0.25, 0.3) is 0 Å². The van der Waals surface area contributed by atoms with Crippen LogP contribution in [0.4, 0.5) is 16.3 Å². The van der Waals surface area contributed by atoms with Gasteiger partial charge in [0.05, 0.1) is 35.0 Å². The summed E-state index contributed by atoms with van der Waals surface area (Å²) in [7, 11) is 0. The lowest BCUT2D eigenvalue weighted by atomic mass is 10.2. The van der Waals surface area contributed by atoms with E-state index in [1.165, 1.54) is 12.8 Å². The Balaban J connectivity index is 1.32. The fraction of sp³-hybridized carbons (Fsp3) is 0.579. The molecular weight excluding hydrogens is 394 g/mol. The summed E-state index contributed by atoms with van der Waals surface area (Å²) in [5.74, 6) is 1.58. The Morgan fingerprint density at radius 2 is 2.00 bits per heavy atom. The molecule has 3 aliphatic rings. The van der Waals surface area contributed by atoms with Gasteiger partial charge in [0.2, 0.25) is 0 Å². The molecule has 1 N–H and O–H groups in total. The Bertz CT molecular complexity index is 760. The van der Waals surface area contributed by atoms with Crippen LogP contribution in [0.2, 0.25) is 0 Å². The first-order chi connectivity index (χ1) is 13.5. The summed E-state index contributed by atoms with van der Waals surface area (Å²) in [6.07, 6.45) is 3.70. The van der Waals surface area contributed by atoms with Gasteiger partial charge in [-0.05, 0) is 31.9 Å². The topological polar surface area (TPSA) is 60.9 Å². The van der Waals surface area contributed by atoms with Crippen molar-refractivity contribution >= 4 is 52.0 Å². The van der Waals surface area contributed by atoms with E-state index in [0.717, 1.165) is 42.7 Å². The predicted molar refractivity (Wildman–Crippen MR) is 117 cm³/mol. The molecule has 1 aromatic rings. The number of nitrogens with one attached hydrogen (secondary N) is 1. The second-order valence-corrected chi connectivity index (χ2v) is 8.55. The molecule has 1 aromatic heterocycles. The predicted octanol–water partition coefficient (Wildman–Crippen LogP) is 2.20. The number of rotatable bonds is 5. The Kier molecular flexibility index (Phi) is 5.63. The van der Waals surface area contributed by atoms with Gasteiger partial charge >= 0.3 is 6.09 Å². The highest BCUT2D eigenvalue weighted by Gasteiger charge is 2.33. The molecule has 7 nitrogen and oxygen atoms in total. The van der Waals surface area contributed by atoms with E-state index in [1.54, 1.807) is 11.1 Å². The highest BCUT2D eigenvalue weighted by atomic mass is 32.1. The third-order valence-electron chi connectivity index (χ3n) is 5.34. The molecule has 4 rings (SSSR count). The van der Waals surface area contributed by atoms with Crippen molar-refractivity contribution in [1.82, 2.24) is 15.2 Å². The normalized spacial score (nSPS) is 22.2. The number of hydrogen-bond acceptors (Lipinski definition) is 6. The van der Waals surface area contributed by atoms with Crippen molar-refractivity contribution in [2.75, 3.05) is 49.1 Å². The van der Waals surface area contributed by atoms with Gasteiger partial charge in [-0.1, -0.05) is 24.4 Å². The van der Waals surface area contributed by atoms with Crippen LogP contribution in [0, 0.1) is 5.92 Å². The molecular formula is C19H25N5O2S2. The van der Waals surface area contributed by atoms with Crippen molar-refractivity contribution < 1.29 is 9.53 Å². The van der Waals surface area contributed by atoms with Gasteiger partial charge in [0.25, 0.3) is 0 Å². The van der Waals surface area contributed by atoms with Crippen LogP contribution in [-0.4, -0.2) is 71.3 Å². The van der Waals surface area contributed by atoms with Crippen molar-refractivity contribution in [2.45, 2.75) is 25.9 Å². The molecule has 0 spiro atoms. The molecule has 28 heavy (non-hydrogen) atoms. The smallest absolute Gasteiger partial charge is 0.414 e. The highest BCUT2D eigenvalue weighted by molar-refractivity contribution is 7.80. The summed E-state index contributed by atoms with van der Waals surface area (Å²) < 4.78 is 5.39. The van der Waals surface area contributed by atoms with E-state index in [1.807, 2.05) is 19.1 Å². The van der Waals surface area contributed by atoms with Gasteiger partial charge in [-0.25, -0.2) is 9.78 Å². The van der Waals surface area contributed by atoms with E-state index < -0.39 is 0 Å². The quantitative estimate of drug-likeness (QED) is 0.729. The average molecular weight is 420 g/mol. The first-order valence-corrected chi connectivity index (χ1v) is 10.6. The minimum absolute atomic E-state index is 0.214.